The Labute approximate surface area is 246 Å². The van der Waals surface area contributed by atoms with Crippen molar-refractivity contribution in [3.05, 3.63) is 76.8 Å². The minimum atomic E-state index is -0.831. The number of nitrogens with zero attached hydrogens (tertiary/aromatic N) is 3. The Kier molecular flexibility index (Phi) is 7.98. The number of rotatable bonds is 7. The topological polar surface area (TPSA) is 116 Å². The predicted octanol–water partition coefficient (Wildman–Crippen LogP) is 4.21. The number of aryl methyl sites for hydroxylation is 1. The molecule has 3 aromatic rings. The van der Waals surface area contributed by atoms with E-state index in [1.54, 1.807) is 11.0 Å². The number of amides is 3. The summed E-state index contributed by atoms with van der Waals surface area (Å²) in [7, 11) is 0. The van der Waals surface area contributed by atoms with Crippen LogP contribution in [0.5, 0.6) is 0 Å². The number of benzene rings is 2. The summed E-state index contributed by atoms with van der Waals surface area (Å²) in [5.41, 5.74) is 5.01. The second-order valence-electron chi connectivity index (χ2n) is 12.8. The highest BCUT2D eigenvalue weighted by Crippen LogP contribution is 2.33. The molecule has 0 radical (unpaired) electrons. The Balaban J connectivity index is 1.34. The van der Waals surface area contributed by atoms with E-state index in [0.717, 1.165) is 27.9 Å². The Hall–Kier alpha value is -3.98. The quantitative estimate of drug-likeness (QED) is 0.438. The summed E-state index contributed by atoms with van der Waals surface area (Å²) in [6.07, 6.45) is 0.756. The standard InChI is InChI=1S/C33H40N4O5/c1-19(2)28(37-16-23-9-7-8-10-25(23)31(37)40)32(41)36-17-24(38)14-27(36)30(39)34-15-22-12-11-21(13-26(22)33(4,5)6)29-20(3)35-18-42-29/h7-13,18-19,24,27-28,38H,14-17H2,1-6H3,(H,34,39)/t24-,27+,28+/m1/s1. The Morgan fingerprint density at radius 2 is 1.90 bits per heavy atom. The lowest BCUT2D eigenvalue weighted by Gasteiger charge is -2.35. The molecule has 0 spiro atoms. The second-order valence-corrected chi connectivity index (χ2v) is 12.8. The fourth-order valence-electron chi connectivity index (χ4n) is 6.20. The fourth-order valence-corrected chi connectivity index (χ4v) is 6.20. The van der Waals surface area contributed by atoms with Gasteiger partial charge in [-0.2, -0.15) is 0 Å². The number of hydrogen-bond acceptors (Lipinski definition) is 6. The molecule has 9 nitrogen and oxygen atoms in total. The lowest BCUT2D eigenvalue weighted by atomic mass is 9.82. The molecule has 1 saturated heterocycles. The van der Waals surface area contributed by atoms with Crippen molar-refractivity contribution in [2.75, 3.05) is 6.54 Å². The highest BCUT2D eigenvalue weighted by Gasteiger charge is 2.45. The number of β-amino-alcohol motifs (C(OH)–C–C–N with tert-alkyl or cyclic N) is 1. The minimum Gasteiger partial charge on any atom is -0.443 e. The van der Waals surface area contributed by atoms with Crippen molar-refractivity contribution in [2.45, 2.75) is 84.7 Å². The van der Waals surface area contributed by atoms with Crippen LogP contribution in [0.2, 0.25) is 0 Å². The number of oxazole rings is 1. The Bertz CT molecular complexity index is 1500. The lowest BCUT2D eigenvalue weighted by molar-refractivity contribution is -0.143. The van der Waals surface area contributed by atoms with Crippen molar-refractivity contribution in [3.63, 3.8) is 0 Å². The molecule has 3 atom stereocenters. The minimum absolute atomic E-state index is 0.0492. The van der Waals surface area contributed by atoms with Crippen molar-refractivity contribution in [2.24, 2.45) is 5.92 Å². The first-order valence-electron chi connectivity index (χ1n) is 14.6. The zero-order valence-electron chi connectivity index (χ0n) is 25.2. The maximum Gasteiger partial charge on any atom is 0.255 e. The van der Waals surface area contributed by atoms with Crippen molar-refractivity contribution in [1.29, 1.82) is 0 Å². The molecule has 222 valence electrons. The first kappa shape index (κ1) is 29.5. The maximum atomic E-state index is 14.0. The average Bonchev–Trinajstić information content (AvgIpc) is 3.64. The normalized spacial score (nSPS) is 19.4. The van der Waals surface area contributed by atoms with Crippen LogP contribution in [-0.4, -0.2) is 62.3 Å². The van der Waals surface area contributed by atoms with E-state index in [0.29, 0.717) is 17.9 Å². The summed E-state index contributed by atoms with van der Waals surface area (Å²) in [6.45, 7) is 12.7. The van der Waals surface area contributed by atoms with Gasteiger partial charge in [0.15, 0.2) is 12.2 Å². The van der Waals surface area contributed by atoms with Gasteiger partial charge in [-0.15, -0.1) is 0 Å². The largest absolute Gasteiger partial charge is 0.443 e. The molecule has 5 rings (SSSR count). The summed E-state index contributed by atoms with van der Waals surface area (Å²) < 4.78 is 5.60. The fraction of sp³-hybridized carbons (Fsp3) is 0.455. The van der Waals surface area contributed by atoms with Crippen LogP contribution in [0.4, 0.5) is 0 Å². The first-order valence-corrected chi connectivity index (χ1v) is 14.6. The van der Waals surface area contributed by atoms with E-state index in [1.807, 2.05) is 51.1 Å². The molecule has 2 aliphatic heterocycles. The van der Waals surface area contributed by atoms with Gasteiger partial charge in [0.05, 0.1) is 11.8 Å². The zero-order chi connectivity index (χ0) is 30.3. The van der Waals surface area contributed by atoms with Gasteiger partial charge in [0.2, 0.25) is 11.8 Å². The lowest BCUT2D eigenvalue weighted by Crippen LogP contribution is -2.55. The summed E-state index contributed by atoms with van der Waals surface area (Å²) in [5, 5.41) is 13.6. The van der Waals surface area contributed by atoms with Gasteiger partial charge in [-0.3, -0.25) is 14.4 Å². The molecular weight excluding hydrogens is 532 g/mol. The third-order valence-corrected chi connectivity index (χ3v) is 8.31. The van der Waals surface area contributed by atoms with Crippen LogP contribution in [0.3, 0.4) is 0 Å². The van der Waals surface area contributed by atoms with Gasteiger partial charge in [0, 0.05) is 37.2 Å². The van der Waals surface area contributed by atoms with Crippen molar-refractivity contribution < 1.29 is 23.9 Å². The maximum absolute atomic E-state index is 14.0. The molecule has 0 unspecified atom stereocenters. The van der Waals surface area contributed by atoms with Crippen LogP contribution in [0.15, 0.2) is 53.3 Å². The van der Waals surface area contributed by atoms with Crippen LogP contribution in [0.25, 0.3) is 11.3 Å². The molecule has 0 aliphatic carbocycles. The molecule has 2 N–H and O–H groups in total. The van der Waals surface area contributed by atoms with Crippen molar-refractivity contribution >= 4 is 17.7 Å². The van der Waals surface area contributed by atoms with Crippen molar-refractivity contribution in [3.8, 4) is 11.3 Å². The number of fused-ring (bicyclic) bond motifs is 1. The number of aromatic nitrogens is 1. The number of carbonyl (C=O) groups excluding carboxylic acids is 3. The summed E-state index contributed by atoms with van der Waals surface area (Å²) in [4.78, 5) is 48.1. The van der Waals surface area contributed by atoms with E-state index in [9.17, 15) is 19.5 Å². The zero-order valence-corrected chi connectivity index (χ0v) is 25.2. The van der Waals surface area contributed by atoms with Gasteiger partial charge in [-0.05, 0) is 47.1 Å². The molecule has 2 aromatic carbocycles. The van der Waals surface area contributed by atoms with Gasteiger partial charge in [-0.1, -0.05) is 65.0 Å². The first-order chi connectivity index (χ1) is 19.9. The Morgan fingerprint density at radius 1 is 1.17 bits per heavy atom. The van der Waals surface area contributed by atoms with Crippen molar-refractivity contribution in [1.82, 2.24) is 20.1 Å². The van der Waals surface area contributed by atoms with Gasteiger partial charge < -0.3 is 24.6 Å². The van der Waals surface area contributed by atoms with Gasteiger partial charge in [-0.25, -0.2) is 4.98 Å². The SMILES string of the molecule is Cc1ncoc1-c1ccc(CNC(=O)[C@@H]2C[C@@H](O)CN2C(=O)[C@H](C(C)C)N2Cc3ccccc3C2=O)c(C(C)(C)C)c1. The van der Waals surface area contributed by atoms with E-state index in [4.69, 9.17) is 4.42 Å². The van der Waals surface area contributed by atoms with Crippen LogP contribution >= 0.6 is 0 Å². The summed E-state index contributed by atoms with van der Waals surface area (Å²) in [6, 6.07) is 11.8. The molecule has 3 amide bonds. The summed E-state index contributed by atoms with van der Waals surface area (Å²) >= 11 is 0. The number of carbonyl (C=O) groups is 3. The number of aliphatic hydroxyl groups excluding tert-OH is 1. The molecule has 2 aliphatic rings. The molecule has 9 heteroatoms. The smallest absolute Gasteiger partial charge is 0.255 e. The van der Waals surface area contributed by atoms with Crippen LogP contribution in [0.1, 0.15) is 73.8 Å². The number of aliphatic hydroxyl groups is 1. The molecule has 0 saturated carbocycles. The number of hydrogen-bond donors (Lipinski definition) is 2. The average molecular weight is 573 g/mol. The third-order valence-electron chi connectivity index (χ3n) is 8.31. The van der Waals surface area contributed by atoms with Gasteiger partial charge in [0.1, 0.15) is 12.1 Å². The monoisotopic (exact) mass is 572 g/mol. The van der Waals surface area contributed by atoms with E-state index in [2.05, 4.69) is 37.1 Å². The third kappa shape index (κ3) is 5.57. The Morgan fingerprint density at radius 3 is 2.55 bits per heavy atom. The van der Waals surface area contributed by atoms with Crippen LogP contribution in [0, 0.1) is 12.8 Å². The number of nitrogens with one attached hydrogen (secondary N) is 1. The highest BCUT2D eigenvalue weighted by molar-refractivity contribution is 6.01. The summed E-state index contributed by atoms with van der Waals surface area (Å²) in [5.74, 6) is -0.293. The van der Waals surface area contributed by atoms with E-state index < -0.39 is 18.2 Å². The predicted molar refractivity (Wildman–Crippen MR) is 158 cm³/mol. The van der Waals surface area contributed by atoms with E-state index >= 15 is 0 Å². The second kappa shape index (κ2) is 11.4. The van der Waals surface area contributed by atoms with Crippen LogP contribution < -0.4 is 5.32 Å². The highest BCUT2D eigenvalue weighted by atomic mass is 16.3. The molecule has 0 bridgehead atoms. The van der Waals surface area contributed by atoms with E-state index in [-0.39, 0.29) is 48.6 Å². The number of likely N-dealkylation sites (tertiary alicyclic amines) is 1. The molecule has 3 heterocycles. The molecule has 1 aromatic heterocycles. The van der Waals surface area contributed by atoms with Crippen LogP contribution in [-0.2, 0) is 28.1 Å². The van der Waals surface area contributed by atoms with E-state index in [1.165, 1.54) is 11.3 Å². The molecule has 42 heavy (non-hydrogen) atoms. The molecular formula is C33H40N4O5. The van der Waals surface area contributed by atoms with Gasteiger partial charge in [0.25, 0.3) is 5.91 Å². The molecule has 1 fully saturated rings. The van der Waals surface area contributed by atoms with Gasteiger partial charge >= 0.3 is 0 Å².